The van der Waals surface area contributed by atoms with Crippen LogP contribution in [0.15, 0.2) is 35.6 Å². The van der Waals surface area contributed by atoms with Crippen molar-refractivity contribution in [1.82, 2.24) is 9.97 Å². The maximum Gasteiger partial charge on any atom is 0.343 e. The van der Waals surface area contributed by atoms with E-state index in [9.17, 15) is 14.4 Å². The van der Waals surface area contributed by atoms with Crippen molar-refractivity contribution in [3.8, 4) is 0 Å². The fourth-order valence-corrected chi connectivity index (χ4v) is 2.57. The Kier molecular flexibility index (Phi) is 7.12. The number of carbonyl (C=O) groups excluding carboxylic acids is 3. The summed E-state index contributed by atoms with van der Waals surface area (Å²) in [5.74, 6) is -1.31. The summed E-state index contributed by atoms with van der Waals surface area (Å²) in [5, 5.41) is 2.95. The van der Waals surface area contributed by atoms with E-state index in [1.54, 1.807) is 31.2 Å². The molecule has 0 aliphatic carbocycles. The molecule has 9 nitrogen and oxygen atoms in total. The molecule has 0 saturated carbocycles. The first-order valence-electron chi connectivity index (χ1n) is 7.85. The number of methoxy groups -OCH3 is 1. The van der Waals surface area contributed by atoms with E-state index in [0.717, 1.165) is 11.8 Å². The van der Waals surface area contributed by atoms with Crippen LogP contribution >= 0.6 is 11.8 Å². The van der Waals surface area contributed by atoms with Crippen molar-refractivity contribution in [3.63, 3.8) is 0 Å². The van der Waals surface area contributed by atoms with Gasteiger partial charge in [0, 0.05) is 11.9 Å². The number of nitrogens with two attached hydrogens (primary N) is 1. The van der Waals surface area contributed by atoms with Gasteiger partial charge < -0.3 is 20.5 Å². The highest BCUT2D eigenvalue weighted by Crippen LogP contribution is 2.18. The predicted molar refractivity (Wildman–Crippen MR) is 99.5 cm³/mol. The van der Waals surface area contributed by atoms with E-state index < -0.39 is 11.9 Å². The van der Waals surface area contributed by atoms with Gasteiger partial charge in [-0.2, -0.15) is 0 Å². The normalized spacial score (nSPS) is 10.1. The van der Waals surface area contributed by atoms with E-state index in [-0.39, 0.29) is 34.8 Å². The number of nitrogens with one attached hydrogen (secondary N) is 1. The lowest BCUT2D eigenvalue weighted by Crippen LogP contribution is -2.15. The topological polar surface area (TPSA) is 134 Å². The van der Waals surface area contributed by atoms with Crippen molar-refractivity contribution in [3.05, 3.63) is 41.6 Å². The molecule has 142 valence electrons. The van der Waals surface area contributed by atoms with Crippen molar-refractivity contribution in [1.29, 1.82) is 0 Å². The number of rotatable bonds is 7. The van der Waals surface area contributed by atoms with Gasteiger partial charge in [-0.05, 0) is 31.2 Å². The van der Waals surface area contributed by atoms with Crippen molar-refractivity contribution in [2.45, 2.75) is 12.1 Å². The summed E-state index contributed by atoms with van der Waals surface area (Å²) >= 11 is 1.07. The lowest BCUT2D eigenvalue weighted by Gasteiger charge is -2.07. The first-order valence-corrected chi connectivity index (χ1v) is 8.83. The Balaban J connectivity index is 1.91. The predicted octanol–water partition coefficient (Wildman–Crippen LogP) is 1.75. The van der Waals surface area contributed by atoms with Crippen LogP contribution in [0.1, 0.15) is 27.6 Å². The average molecular weight is 390 g/mol. The number of hydrogen-bond acceptors (Lipinski definition) is 9. The number of carbonyl (C=O) groups is 3. The Morgan fingerprint density at radius 2 is 1.89 bits per heavy atom. The highest BCUT2D eigenvalue weighted by Gasteiger charge is 2.14. The third-order valence-corrected chi connectivity index (χ3v) is 4.08. The maximum atomic E-state index is 12.0. The SMILES string of the molecule is CCOC(=O)c1cnc(SCC(=O)Nc2ccc(C(=O)OC)cc2)nc1N. The van der Waals surface area contributed by atoms with Gasteiger partial charge >= 0.3 is 11.9 Å². The van der Waals surface area contributed by atoms with Crippen LogP contribution in [0.5, 0.6) is 0 Å². The molecule has 2 rings (SSSR count). The highest BCUT2D eigenvalue weighted by molar-refractivity contribution is 7.99. The minimum absolute atomic E-state index is 0.00948. The molecule has 0 spiro atoms. The van der Waals surface area contributed by atoms with E-state index in [1.807, 2.05) is 0 Å². The second-order valence-corrected chi connectivity index (χ2v) is 6.02. The lowest BCUT2D eigenvalue weighted by atomic mass is 10.2. The minimum Gasteiger partial charge on any atom is -0.465 e. The molecule has 0 aliphatic heterocycles. The lowest BCUT2D eigenvalue weighted by molar-refractivity contribution is -0.113. The third-order valence-electron chi connectivity index (χ3n) is 3.21. The van der Waals surface area contributed by atoms with Gasteiger partial charge in [0.05, 0.1) is 25.0 Å². The first-order chi connectivity index (χ1) is 12.9. The molecule has 27 heavy (non-hydrogen) atoms. The van der Waals surface area contributed by atoms with E-state index in [0.29, 0.717) is 11.3 Å². The van der Waals surface area contributed by atoms with E-state index in [1.165, 1.54) is 13.3 Å². The van der Waals surface area contributed by atoms with Crippen LogP contribution in [0.4, 0.5) is 11.5 Å². The number of benzene rings is 1. The molecular formula is C17H18N4O5S. The number of nitrogens with zero attached hydrogens (tertiary/aromatic N) is 2. The van der Waals surface area contributed by atoms with Gasteiger partial charge in [-0.15, -0.1) is 0 Å². The molecule has 1 aromatic heterocycles. The highest BCUT2D eigenvalue weighted by atomic mass is 32.2. The van der Waals surface area contributed by atoms with Gasteiger partial charge in [0.2, 0.25) is 5.91 Å². The monoisotopic (exact) mass is 390 g/mol. The number of aromatic nitrogens is 2. The van der Waals surface area contributed by atoms with E-state index in [4.69, 9.17) is 10.5 Å². The molecule has 2 aromatic rings. The number of nitrogen functional groups attached to an aromatic ring is 1. The number of anilines is 2. The number of hydrogen-bond donors (Lipinski definition) is 2. The molecule has 1 aromatic carbocycles. The Morgan fingerprint density at radius 1 is 1.19 bits per heavy atom. The minimum atomic E-state index is -0.598. The molecule has 0 bridgehead atoms. The van der Waals surface area contributed by atoms with Gasteiger partial charge in [-0.25, -0.2) is 19.6 Å². The smallest absolute Gasteiger partial charge is 0.343 e. The third kappa shape index (κ3) is 5.68. The van der Waals surface area contributed by atoms with Gasteiger partial charge in [0.1, 0.15) is 11.4 Å². The molecule has 0 saturated heterocycles. The van der Waals surface area contributed by atoms with Gasteiger partial charge in [0.25, 0.3) is 0 Å². The van der Waals surface area contributed by atoms with Gasteiger partial charge in [-0.3, -0.25) is 4.79 Å². The van der Waals surface area contributed by atoms with Crippen molar-refractivity contribution in [2.24, 2.45) is 0 Å². The number of thioether (sulfide) groups is 1. The van der Waals surface area contributed by atoms with Gasteiger partial charge in [-0.1, -0.05) is 11.8 Å². The summed E-state index contributed by atoms with van der Waals surface area (Å²) in [5.41, 5.74) is 6.73. The zero-order valence-electron chi connectivity index (χ0n) is 14.7. The summed E-state index contributed by atoms with van der Waals surface area (Å²) in [6.07, 6.45) is 1.27. The molecule has 0 unspecified atom stereocenters. The fraction of sp³-hybridized carbons (Fsp3) is 0.235. The molecule has 1 heterocycles. The van der Waals surface area contributed by atoms with Crippen LogP contribution in [-0.2, 0) is 14.3 Å². The molecule has 10 heteroatoms. The summed E-state index contributed by atoms with van der Waals surface area (Å²) in [4.78, 5) is 43.0. The van der Waals surface area contributed by atoms with Crippen molar-refractivity contribution < 1.29 is 23.9 Å². The summed E-state index contributed by atoms with van der Waals surface area (Å²) in [6, 6.07) is 6.29. The molecule has 0 atom stereocenters. The number of esters is 2. The standard InChI is InChI=1S/C17H18N4O5S/c1-3-26-16(24)12-8-19-17(21-14(12)18)27-9-13(22)20-11-6-4-10(5-7-11)15(23)25-2/h4-8H,3,9H2,1-2H3,(H,20,22)(H2,18,19,21). The molecule has 3 N–H and O–H groups in total. The van der Waals surface area contributed by atoms with Crippen LogP contribution in [-0.4, -0.2) is 47.3 Å². The summed E-state index contributed by atoms with van der Waals surface area (Å²) in [7, 11) is 1.29. The average Bonchev–Trinajstić information content (AvgIpc) is 2.66. The largest absolute Gasteiger partial charge is 0.465 e. The zero-order chi connectivity index (χ0) is 19.8. The molecule has 0 aliphatic rings. The number of amides is 1. The van der Waals surface area contributed by atoms with E-state index in [2.05, 4.69) is 20.0 Å². The van der Waals surface area contributed by atoms with Crippen LogP contribution in [0, 0.1) is 0 Å². The maximum absolute atomic E-state index is 12.0. The van der Waals surface area contributed by atoms with Crippen LogP contribution < -0.4 is 11.1 Å². The summed E-state index contributed by atoms with van der Waals surface area (Å²) < 4.78 is 9.45. The Hall–Kier alpha value is -3.14. The number of ether oxygens (including phenoxy) is 2. The molecular weight excluding hydrogens is 372 g/mol. The molecule has 0 fully saturated rings. The Bertz CT molecular complexity index is 842. The molecule has 1 amide bonds. The Morgan fingerprint density at radius 3 is 2.48 bits per heavy atom. The summed E-state index contributed by atoms with van der Waals surface area (Å²) in [6.45, 7) is 1.90. The zero-order valence-corrected chi connectivity index (χ0v) is 15.5. The van der Waals surface area contributed by atoms with Crippen molar-refractivity contribution >= 4 is 41.1 Å². The van der Waals surface area contributed by atoms with Crippen LogP contribution in [0.3, 0.4) is 0 Å². The van der Waals surface area contributed by atoms with Crippen LogP contribution in [0.2, 0.25) is 0 Å². The second kappa shape index (κ2) is 9.53. The van der Waals surface area contributed by atoms with Gasteiger partial charge in [0.15, 0.2) is 5.16 Å². The van der Waals surface area contributed by atoms with Crippen molar-refractivity contribution in [2.75, 3.05) is 30.5 Å². The quantitative estimate of drug-likeness (QED) is 0.412. The second-order valence-electron chi connectivity index (χ2n) is 5.08. The first kappa shape index (κ1) is 20.2. The fourth-order valence-electron chi connectivity index (χ4n) is 1.95. The Labute approximate surface area is 159 Å². The van der Waals surface area contributed by atoms with E-state index >= 15 is 0 Å². The van der Waals surface area contributed by atoms with Crippen LogP contribution in [0.25, 0.3) is 0 Å². The molecule has 0 radical (unpaired) electrons.